The lowest BCUT2D eigenvalue weighted by molar-refractivity contribution is -0.113. The number of carbonyl (C=O) groups is 2. The normalized spacial score (nSPS) is 14.4. The SMILES string of the molecule is CCOc1ccc(NC(=O)c2ccc(NC(=O)CSc3nnc(-c4ccc(OC)cc4)n3C[C@@H]3CCCO3)cc2)cc1. The molecule has 1 aliphatic rings. The van der Waals surface area contributed by atoms with Crippen molar-refractivity contribution in [3.05, 3.63) is 78.4 Å². The van der Waals surface area contributed by atoms with Gasteiger partial charge >= 0.3 is 0 Å². The van der Waals surface area contributed by atoms with Crippen LogP contribution in [0, 0.1) is 0 Å². The van der Waals surface area contributed by atoms with Crippen LogP contribution in [0.2, 0.25) is 0 Å². The van der Waals surface area contributed by atoms with Crippen LogP contribution in [0.3, 0.4) is 0 Å². The summed E-state index contributed by atoms with van der Waals surface area (Å²) in [7, 11) is 1.63. The number of benzene rings is 3. The fourth-order valence-corrected chi connectivity index (χ4v) is 5.29. The zero-order valence-corrected chi connectivity index (χ0v) is 24.4. The molecule has 10 nitrogen and oxygen atoms in total. The van der Waals surface area contributed by atoms with Crippen LogP contribution in [-0.4, -0.2) is 58.8 Å². The van der Waals surface area contributed by atoms with E-state index in [1.807, 2.05) is 35.8 Å². The van der Waals surface area contributed by atoms with E-state index in [1.54, 1.807) is 55.6 Å². The van der Waals surface area contributed by atoms with Gasteiger partial charge in [-0.15, -0.1) is 10.2 Å². The zero-order valence-electron chi connectivity index (χ0n) is 23.5. The molecule has 3 aromatic carbocycles. The summed E-state index contributed by atoms with van der Waals surface area (Å²) in [6.45, 7) is 3.85. The lowest BCUT2D eigenvalue weighted by atomic mass is 10.2. The molecule has 0 radical (unpaired) electrons. The Morgan fingerprint density at radius 2 is 1.64 bits per heavy atom. The van der Waals surface area contributed by atoms with Crippen LogP contribution >= 0.6 is 11.8 Å². The van der Waals surface area contributed by atoms with Gasteiger partial charge in [-0.3, -0.25) is 14.2 Å². The summed E-state index contributed by atoms with van der Waals surface area (Å²) in [5, 5.41) is 15.2. The van der Waals surface area contributed by atoms with Crippen LogP contribution in [-0.2, 0) is 16.1 Å². The van der Waals surface area contributed by atoms with Gasteiger partial charge in [0.15, 0.2) is 11.0 Å². The highest BCUT2D eigenvalue weighted by Gasteiger charge is 2.22. The van der Waals surface area contributed by atoms with Crippen LogP contribution in [0.15, 0.2) is 78.0 Å². The van der Waals surface area contributed by atoms with E-state index >= 15 is 0 Å². The first-order chi connectivity index (χ1) is 20.5. The van der Waals surface area contributed by atoms with Crippen molar-refractivity contribution in [2.75, 3.05) is 36.7 Å². The summed E-state index contributed by atoms with van der Waals surface area (Å²) in [4.78, 5) is 25.5. The van der Waals surface area contributed by atoms with Gasteiger partial charge in [0.25, 0.3) is 5.91 Å². The molecule has 5 rings (SSSR count). The van der Waals surface area contributed by atoms with Gasteiger partial charge < -0.3 is 24.8 Å². The van der Waals surface area contributed by atoms with E-state index in [0.717, 1.165) is 42.3 Å². The summed E-state index contributed by atoms with van der Waals surface area (Å²) in [6, 6.07) is 21.6. The minimum Gasteiger partial charge on any atom is -0.497 e. The maximum Gasteiger partial charge on any atom is 0.255 e. The van der Waals surface area contributed by atoms with Crippen LogP contribution in [0.5, 0.6) is 11.5 Å². The zero-order chi connectivity index (χ0) is 29.3. The Balaban J connectivity index is 1.19. The fraction of sp³-hybridized carbons (Fsp3) is 0.290. The molecule has 42 heavy (non-hydrogen) atoms. The molecule has 0 aliphatic carbocycles. The number of ether oxygens (including phenoxy) is 3. The molecule has 2 heterocycles. The minimum absolute atomic E-state index is 0.0799. The highest BCUT2D eigenvalue weighted by molar-refractivity contribution is 7.99. The third kappa shape index (κ3) is 7.48. The maximum atomic E-state index is 12.8. The van der Waals surface area contributed by atoms with Gasteiger partial charge in [-0.2, -0.15) is 0 Å². The van der Waals surface area contributed by atoms with Crippen molar-refractivity contribution < 1.29 is 23.8 Å². The number of methoxy groups -OCH3 is 1. The first-order valence-electron chi connectivity index (χ1n) is 13.8. The number of rotatable bonds is 12. The van der Waals surface area contributed by atoms with E-state index < -0.39 is 0 Å². The molecule has 2 N–H and O–H groups in total. The summed E-state index contributed by atoms with van der Waals surface area (Å²) in [5.41, 5.74) is 2.65. The summed E-state index contributed by atoms with van der Waals surface area (Å²) in [6.07, 6.45) is 2.08. The molecule has 1 saturated heterocycles. The van der Waals surface area contributed by atoms with Crippen LogP contribution in [0.1, 0.15) is 30.1 Å². The molecule has 11 heteroatoms. The van der Waals surface area contributed by atoms with Crippen molar-refractivity contribution in [1.82, 2.24) is 14.8 Å². The number of carbonyl (C=O) groups excluding carboxylic acids is 2. The smallest absolute Gasteiger partial charge is 0.255 e. The molecular formula is C31H33N5O5S. The summed E-state index contributed by atoms with van der Waals surface area (Å²) < 4.78 is 18.6. The molecule has 0 spiro atoms. The Morgan fingerprint density at radius 1 is 0.952 bits per heavy atom. The second kappa shape index (κ2) is 14.0. The van der Waals surface area contributed by atoms with E-state index in [4.69, 9.17) is 14.2 Å². The number of hydrogen-bond donors (Lipinski definition) is 2. The van der Waals surface area contributed by atoms with E-state index in [9.17, 15) is 9.59 Å². The van der Waals surface area contributed by atoms with Crippen molar-refractivity contribution in [2.45, 2.75) is 37.6 Å². The standard InChI is InChI=1S/C31H33N5O5S/c1-3-40-26-16-12-24(13-17-26)33-30(38)22-6-10-23(11-7-22)32-28(37)20-42-31-35-34-29(21-8-14-25(39-2)15-9-21)36(31)19-27-5-4-18-41-27/h6-17,27H,3-5,18-20H2,1-2H3,(H,32,37)(H,33,38)/t27-/m0/s1. The number of thioether (sulfide) groups is 1. The Hall–Kier alpha value is -4.35. The molecule has 1 atom stereocenters. The molecule has 0 saturated carbocycles. The molecule has 1 fully saturated rings. The van der Waals surface area contributed by atoms with Crippen LogP contribution in [0.4, 0.5) is 11.4 Å². The quantitative estimate of drug-likeness (QED) is 0.208. The molecule has 4 aromatic rings. The third-order valence-corrected chi connectivity index (χ3v) is 7.63. The predicted octanol–water partition coefficient (Wildman–Crippen LogP) is 5.51. The monoisotopic (exact) mass is 587 g/mol. The van der Waals surface area contributed by atoms with Gasteiger partial charge in [0, 0.05) is 29.1 Å². The Kier molecular flexibility index (Phi) is 9.73. The molecule has 0 unspecified atom stereocenters. The van der Waals surface area contributed by atoms with E-state index in [0.29, 0.717) is 35.2 Å². The lowest BCUT2D eigenvalue weighted by Crippen LogP contribution is -2.18. The fourth-order valence-electron chi connectivity index (χ4n) is 4.54. The number of amides is 2. The number of hydrogen-bond acceptors (Lipinski definition) is 8. The maximum absolute atomic E-state index is 12.8. The van der Waals surface area contributed by atoms with Gasteiger partial charge in [0.05, 0.1) is 32.1 Å². The predicted molar refractivity (Wildman–Crippen MR) is 162 cm³/mol. The number of aromatic nitrogens is 3. The Bertz CT molecular complexity index is 1480. The van der Waals surface area contributed by atoms with Crippen molar-refractivity contribution in [3.8, 4) is 22.9 Å². The van der Waals surface area contributed by atoms with E-state index in [-0.39, 0.29) is 23.7 Å². The van der Waals surface area contributed by atoms with Crippen LogP contribution < -0.4 is 20.1 Å². The minimum atomic E-state index is -0.245. The molecule has 0 bridgehead atoms. The summed E-state index contributed by atoms with van der Waals surface area (Å²) in [5.74, 6) is 1.93. The van der Waals surface area contributed by atoms with E-state index in [1.165, 1.54) is 11.8 Å². The average molecular weight is 588 g/mol. The molecule has 2 amide bonds. The van der Waals surface area contributed by atoms with Gasteiger partial charge in [-0.25, -0.2) is 0 Å². The van der Waals surface area contributed by atoms with Crippen molar-refractivity contribution >= 4 is 35.0 Å². The van der Waals surface area contributed by atoms with Gasteiger partial charge in [0.2, 0.25) is 5.91 Å². The largest absolute Gasteiger partial charge is 0.497 e. The highest BCUT2D eigenvalue weighted by atomic mass is 32.2. The Morgan fingerprint density at radius 3 is 2.31 bits per heavy atom. The average Bonchev–Trinajstić information content (AvgIpc) is 3.68. The third-order valence-electron chi connectivity index (χ3n) is 6.66. The number of anilines is 2. The molecule has 1 aliphatic heterocycles. The summed E-state index contributed by atoms with van der Waals surface area (Å²) >= 11 is 1.32. The van der Waals surface area contributed by atoms with Gasteiger partial charge in [0.1, 0.15) is 11.5 Å². The number of nitrogens with one attached hydrogen (secondary N) is 2. The van der Waals surface area contributed by atoms with E-state index in [2.05, 4.69) is 20.8 Å². The highest BCUT2D eigenvalue weighted by Crippen LogP contribution is 2.28. The Labute approximate surface area is 248 Å². The molecular weight excluding hydrogens is 554 g/mol. The second-order valence-electron chi connectivity index (χ2n) is 9.61. The van der Waals surface area contributed by atoms with Crippen molar-refractivity contribution in [3.63, 3.8) is 0 Å². The first kappa shape index (κ1) is 29.2. The van der Waals surface area contributed by atoms with Crippen molar-refractivity contribution in [2.24, 2.45) is 0 Å². The molecule has 1 aromatic heterocycles. The lowest BCUT2D eigenvalue weighted by Gasteiger charge is -2.15. The van der Waals surface area contributed by atoms with Crippen molar-refractivity contribution in [1.29, 1.82) is 0 Å². The van der Waals surface area contributed by atoms with Gasteiger partial charge in [-0.1, -0.05) is 11.8 Å². The molecule has 218 valence electrons. The second-order valence-corrected chi connectivity index (χ2v) is 10.5. The first-order valence-corrected chi connectivity index (χ1v) is 14.8. The number of nitrogens with zero attached hydrogens (tertiary/aromatic N) is 3. The van der Waals surface area contributed by atoms with Gasteiger partial charge in [-0.05, 0) is 92.6 Å². The van der Waals surface area contributed by atoms with Crippen LogP contribution in [0.25, 0.3) is 11.4 Å². The topological polar surface area (TPSA) is 117 Å².